The van der Waals surface area contributed by atoms with Crippen LogP contribution in [0.3, 0.4) is 0 Å². The minimum absolute atomic E-state index is 0.00792. The molecule has 212 valence electrons. The van der Waals surface area contributed by atoms with E-state index >= 15 is 0 Å². The lowest BCUT2D eigenvalue weighted by Gasteiger charge is -2.25. The maximum Gasteiger partial charge on any atom is 0.270 e. The lowest BCUT2D eigenvalue weighted by Crippen LogP contribution is -2.43. The lowest BCUT2D eigenvalue weighted by atomic mass is 9.88. The molecule has 13 heteroatoms. The van der Waals surface area contributed by atoms with E-state index in [1.165, 1.54) is 23.1 Å². The Kier molecular flexibility index (Phi) is 7.32. The summed E-state index contributed by atoms with van der Waals surface area (Å²) in [4.78, 5) is 46.4. The predicted octanol–water partition coefficient (Wildman–Crippen LogP) is 1.58. The number of nitrogens with one attached hydrogen (secondary N) is 2. The molecule has 2 atom stereocenters. The molecule has 2 aromatic carbocycles. The predicted molar refractivity (Wildman–Crippen MR) is 144 cm³/mol. The number of halogens is 1. The second-order valence-corrected chi connectivity index (χ2v) is 10.3. The molecule has 0 aliphatic carbocycles. The van der Waals surface area contributed by atoms with Crippen LogP contribution in [0.15, 0.2) is 54.9 Å². The number of nitrogens with zero attached hydrogens (tertiary/aromatic N) is 6. The SMILES string of the molecule is O=C1NCCN(C(=O)Cn2cnnn2)CCCOc2cccc(c2)[C@H]2CN(C(=O)c3cc4cc(F)ccc4[nH]3)C[C@H]12. The third-order valence-electron chi connectivity index (χ3n) is 7.61. The van der Waals surface area contributed by atoms with Crippen molar-refractivity contribution in [3.8, 4) is 5.75 Å². The molecule has 0 radical (unpaired) electrons. The highest BCUT2D eigenvalue weighted by atomic mass is 19.1. The number of aromatic nitrogens is 5. The highest BCUT2D eigenvalue weighted by Gasteiger charge is 2.41. The van der Waals surface area contributed by atoms with Crippen LogP contribution in [0, 0.1) is 11.7 Å². The van der Waals surface area contributed by atoms with Crippen molar-refractivity contribution in [2.75, 3.05) is 39.3 Å². The van der Waals surface area contributed by atoms with Crippen LogP contribution in [-0.4, -0.2) is 92.0 Å². The zero-order valence-electron chi connectivity index (χ0n) is 22.2. The third kappa shape index (κ3) is 5.74. The maximum atomic E-state index is 13.7. The summed E-state index contributed by atoms with van der Waals surface area (Å²) in [6.45, 7) is 1.96. The summed E-state index contributed by atoms with van der Waals surface area (Å²) in [5.41, 5.74) is 1.91. The van der Waals surface area contributed by atoms with Gasteiger partial charge in [0.05, 0.1) is 12.5 Å². The second kappa shape index (κ2) is 11.4. The van der Waals surface area contributed by atoms with E-state index in [0.717, 1.165) is 5.56 Å². The molecule has 2 N–H and O–H groups in total. The van der Waals surface area contributed by atoms with E-state index in [0.29, 0.717) is 55.0 Å². The number of aromatic amines is 1. The van der Waals surface area contributed by atoms with Gasteiger partial charge in [-0.05, 0) is 58.8 Å². The summed E-state index contributed by atoms with van der Waals surface area (Å²) in [6.07, 6.45) is 1.98. The molecule has 41 heavy (non-hydrogen) atoms. The Hall–Kier alpha value is -4.81. The van der Waals surface area contributed by atoms with E-state index in [1.807, 2.05) is 24.3 Å². The highest BCUT2D eigenvalue weighted by Crippen LogP contribution is 2.35. The third-order valence-corrected chi connectivity index (χ3v) is 7.61. The molecule has 4 heterocycles. The number of rotatable bonds is 3. The van der Waals surface area contributed by atoms with Gasteiger partial charge in [-0.2, -0.15) is 0 Å². The number of carbonyl (C=O) groups excluding carboxylic acids is 3. The molecule has 2 bridgehead atoms. The lowest BCUT2D eigenvalue weighted by molar-refractivity contribution is -0.133. The van der Waals surface area contributed by atoms with E-state index in [9.17, 15) is 18.8 Å². The molecular formula is C28H29FN8O4. The largest absolute Gasteiger partial charge is 0.494 e. The second-order valence-electron chi connectivity index (χ2n) is 10.3. The van der Waals surface area contributed by atoms with Gasteiger partial charge in [0.2, 0.25) is 11.8 Å². The molecule has 2 aliphatic heterocycles. The van der Waals surface area contributed by atoms with Crippen LogP contribution in [0.2, 0.25) is 0 Å². The number of likely N-dealkylation sites (tertiary alicyclic amines) is 1. The number of tetrazole rings is 1. The van der Waals surface area contributed by atoms with Crippen LogP contribution in [0.25, 0.3) is 10.9 Å². The fourth-order valence-electron chi connectivity index (χ4n) is 5.54. The van der Waals surface area contributed by atoms with Crippen molar-refractivity contribution >= 4 is 28.6 Å². The number of hydrogen-bond donors (Lipinski definition) is 2. The first-order chi connectivity index (χ1) is 19.9. The average molecular weight is 561 g/mol. The topological polar surface area (TPSA) is 138 Å². The number of carbonyl (C=O) groups is 3. The van der Waals surface area contributed by atoms with Gasteiger partial charge in [0.1, 0.15) is 30.1 Å². The molecule has 6 rings (SSSR count). The molecule has 0 saturated carbocycles. The van der Waals surface area contributed by atoms with Gasteiger partial charge < -0.3 is 24.8 Å². The molecule has 0 unspecified atom stereocenters. The van der Waals surface area contributed by atoms with Crippen LogP contribution < -0.4 is 10.1 Å². The quantitative estimate of drug-likeness (QED) is 0.388. The molecule has 1 saturated heterocycles. The van der Waals surface area contributed by atoms with Gasteiger partial charge in [0.15, 0.2) is 0 Å². The summed E-state index contributed by atoms with van der Waals surface area (Å²) < 4.78 is 21.1. The Morgan fingerprint density at radius 3 is 2.78 bits per heavy atom. The zero-order chi connectivity index (χ0) is 28.3. The smallest absolute Gasteiger partial charge is 0.270 e. The minimum atomic E-state index is -0.510. The fraction of sp³-hybridized carbons (Fsp3) is 0.357. The van der Waals surface area contributed by atoms with E-state index in [4.69, 9.17) is 4.74 Å². The first-order valence-corrected chi connectivity index (χ1v) is 13.5. The number of hydrogen-bond acceptors (Lipinski definition) is 7. The Labute approximate surface area is 234 Å². The van der Waals surface area contributed by atoms with Crippen LogP contribution >= 0.6 is 0 Å². The summed E-state index contributed by atoms with van der Waals surface area (Å²) >= 11 is 0. The average Bonchev–Trinajstić information content (AvgIpc) is 3.73. The normalized spacial score (nSPS) is 19.8. The molecule has 12 nitrogen and oxygen atoms in total. The van der Waals surface area contributed by atoms with E-state index in [2.05, 4.69) is 25.8 Å². The summed E-state index contributed by atoms with van der Waals surface area (Å²) in [5, 5.41) is 14.5. The van der Waals surface area contributed by atoms with Crippen LogP contribution in [0.1, 0.15) is 28.4 Å². The number of amides is 3. The molecule has 0 spiro atoms. The van der Waals surface area contributed by atoms with Gasteiger partial charge in [0.25, 0.3) is 5.91 Å². The van der Waals surface area contributed by atoms with Crippen molar-refractivity contribution in [3.05, 3.63) is 71.9 Å². The van der Waals surface area contributed by atoms with E-state index in [-0.39, 0.29) is 49.1 Å². The van der Waals surface area contributed by atoms with Crippen LogP contribution in [0.4, 0.5) is 4.39 Å². The van der Waals surface area contributed by atoms with Crippen molar-refractivity contribution in [1.29, 1.82) is 0 Å². The van der Waals surface area contributed by atoms with Gasteiger partial charge in [-0.1, -0.05) is 12.1 Å². The highest BCUT2D eigenvalue weighted by molar-refractivity contribution is 5.98. The number of benzene rings is 2. The Morgan fingerprint density at radius 1 is 1.05 bits per heavy atom. The molecule has 1 fully saturated rings. The van der Waals surface area contributed by atoms with E-state index < -0.39 is 5.92 Å². The standard InChI is InChI=1S/C28H29FN8O4/c29-20-5-6-24-19(11-20)13-25(32-24)28(40)36-14-22-18-3-1-4-21(12-18)41-10-2-8-35(9-7-30-27(39)23(22)15-36)26(38)16-37-17-31-33-34-37/h1,3-6,11-13,17,22-23,32H,2,7-10,14-16H2,(H,30,39)/t22-,23+/m1/s1. The molecular weight excluding hydrogens is 531 g/mol. The Balaban J connectivity index is 1.22. The maximum absolute atomic E-state index is 13.7. The first kappa shape index (κ1) is 26.4. The number of ether oxygens (including phenoxy) is 1. The zero-order valence-corrected chi connectivity index (χ0v) is 22.2. The summed E-state index contributed by atoms with van der Waals surface area (Å²) in [5.74, 6) is -1.11. The van der Waals surface area contributed by atoms with Gasteiger partial charge in [-0.15, -0.1) is 5.10 Å². The van der Waals surface area contributed by atoms with Crippen molar-refractivity contribution < 1.29 is 23.5 Å². The van der Waals surface area contributed by atoms with Crippen LogP contribution in [-0.2, 0) is 16.1 Å². The molecule has 2 aromatic heterocycles. The van der Waals surface area contributed by atoms with Crippen molar-refractivity contribution in [3.63, 3.8) is 0 Å². The first-order valence-electron chi connectivity index (χ1n) is 13.5. The molecule has 2 aliphatic rings. The van der Waals surface area contributed by atoms with Gasteiger partial charge in [0, 0.05) is 49.5 Å². The molecule has 3 amide bonds. The van der Waals surface area contributed by atoms with Gasteiger partial charge in [-0.3, -0.25) is 14.4 Å². The monoisotopic (exact) mass is 560 g/mol. The fourth-order valence-corrected chi connectivity index (χ4v) is 5.54. The Bertz CT molecular complexity index is 1570. The number of H-pyrrole nitrogens is 1. The number of fused-ring (bicyclic) bond motifs is 5. The summed E-state index contributed by atoms with van der Waals surface area (Å²) in [7, 11) is 0. The van der Waals surface area contributed by atoms with Crippen molar-refractivity contribution in [2.24, 2.45) is 5.92 Å². The minimum Gasteiger partial charge on any atom is -0.494 e. The van der Waals surface area contributed by atoms with Gasteiger partial charge >= 0.3 is 0 Å². The van der Waals surface area contributed by atoms with Crippen molar-refractivity contribution in [2.45, 2.75) is 18.9 Å². The Morgan fingerprint density at radius 2 is 1.93 bits per heavy atom. The van der Waals surface area contributed by atoms with Gasteiger partial charge in [-0.25, -0.2) is 9.07 Å². The van der Waals surface area contributed by atoms with E-state index in [1.54, 1.807) is 21.9 Å². The van der Waals surface area contributed by atoms with Crippen molar-refractivity contribution in [1.82, 2.24) is 40.3 Å². The molecule has 4 aromatic rings. The van der Waals surface area contributed by atoms with Crippen LogP contribution in [0.5, 0.6) is 5.75 Å². The summed E-state index contributed by atoms with van der Waals surface area (Å²) in [6, 6.07) is 13.5.